The van der Waals surface area contributed by atoms with E-state index < -0.39 is 0 Å². The number of fused-ring (bicyclic) bond motifs is 1. The molecule has 2 heteroatoms. The second kappa shape index (κ2) is 5.26. The molecule has 0 atom stereocenters. The maximum atomic E-state index is 12.9. The maximum Gasteiger partial charge on any atom is 0.104 e. The molecule has 1 heterocycles. The molecule has 82 valence electrons. The van der Waals surface area contributed by atoms with Crippen molar-refractivity contribution in [2.45, 2.75) is 34.1 Å². The molecule has 1 aromatic heterocycles. The summed E-state index contributed by atoms with van der Waals surface area (Å²) in [6, 6.07) is 0. The SMILES string of the molecule is CC.Cc1sc2c(c1C)=CCC(F)=CC=2. The Morgan fingerprint density at radius 3 is 2.53 bits per heavy atom. The number of hydrogen-bond acceptors (Lipinski definition) is 1. The normalized spacial score (nSPS) is 13.5. The lowest BCUT2D eigenvalue weighted by atomic mass is 10.2. The lowest BCUT2D eigenvalue weighted by molar-refractivity contribution is 0.625. The summed E-state index contributed by atoms with van der Waals surface area (Å²) in [5, 5.41) is 1.21. The Balaban J connectivity index is 0.000000531. The van der Waals surface area contributed by atoms with Gasteiger partial charge in [-0.15, -0.1) is 11.3 Å². The predicted octanol–water partition coefficient (Wildman–Crippen LogP) is 3.21. The van der Waals surface area contributed by atoms with E-state index in [1.54, 1.807) is 17.4 Å². The average Bonchev–Trinajstić information content (AvgIpc) is 2.41. The van der Waals surface area contributed by atoms with E-state index in [-0.39, 0.29) is 5.83 Å². The minimum Gasteiger partial charge on any atom is -0.211 e. The highest BCUT2D eigenvalue weighted by Gasteiger charge is 2.02. The number of thiophene rings is 1. The van der Waals surface area contributed by atoms with Crippen molar-refractivity contribution in [1.29, 1.82) is 0 Å². The van der Waals surface area contributed by atoms with Gasteiger partial charge in [0.05, 0.1) is 0 Å². The van der Waals surface area contributed by atoms with E-state index in [0.29, 0.717) is 6.42 Å². The van der Waals surface area contributed by atoms with Crippen LogP contribution in [0.4, 0.5) is 4.39 Å². The largest absolute Gasteiger partial charge is 0.211 e. The van der Waals surface area contributed by atoms with Crippen LogP contribution in [0.25, 0.3) is 12.2 Å². The molecule has 0 unspecified atom stereocenters. The van der Waals surface area contributed by atoms with Gasteiger partial charge in [-0.1, -0.05) is 19.9 Å². The molecule has 0 saturated carbocycles. The van der Waals surface area contributed by atoms with Crippen LogP contribution in [0.3, 0.4) is 0 Å². The second-order valence-electron chi connectivity index (χ2n) is 3.25. The predicted molar refractivity (Wildman–Crippen MR) is 67.1 cm³/mol. The summed E-state index contributed by atoms with van der Waals surface area (Å²) in [7, 11) is 0. The molecule has 0 bridgehead atoms. The topological polar surface area (TPSA) is 0 Å². The fourth-order valence-corrected chi connectivity index (χ4v) is 2.56. The molecule has 0 radical (unpaired) electrons. The van der Waals surface area contributed by atoms with Crippen LogP contribution in [-0.2, 0) is 0 Å². The van der Waals surface area contributed by atoms with Gasteiger partial charge < -0.3 is 0 Å². The van der Waals surface area contributed by atoms with E-state index in [0.717, 1.165) is 0 Å². The van der Waals surface area contributed by atoms with Gasteiger partial charge in [-0.05, 0) is 36.8 Å². The molecule has 0 aromatic carbocycles. The molecule has 1 aliphatic rings. The molecule has 15 heavy (non-hydrogen) atoms. The third-order valence-electron chi connectivity index (χ3n) is 2.38. The first-order valence-electron chi connectivity index (χ1n) is 5.31. The summed E-state index contributed by atoms with van der Waals surface area (Å²) in [6.45, 7) is 8.20. The molecule has 0 spiro atoms. The Bertz CT molecular complexity index is 477. The zero-order valence-electron chi connectivity index (χ0n) is 9.73. The van der Waals surface area contributed by atoms with Crippen LogP contribution in [0.2, 0.25) is 0 Å². The van der Waals surface area contributed by atoms with Crippen molar-refractivity contribution in [2.24, 2.45) is 0 Å². The van der Waals surface area contributed by atoms with Gasteiger partial charge in [0.15, 0.2) is 0 Å². The van der Waals surface area contributed by atoms with Crippen LogP contribution in [0.1, 0.15) is 30.7 Å². The van der Waals surface area contributed by atoms with Gasteiger partial charge in [-0.2, -0.15) is 0 Å². The van der Waals surface area contributed by atoms with E-state index in [2.05, 4.69) is 13.8 Å². The van der Waals surface area contributed by atoms with Gasteiger partial charge in [0.2, 0.25) is 0 Å². The monoisotopic (exact) mass is 224 g/mol. The zero-order chi connectivity index (χ0) is 11.4. The molecule has 0 amide bonds. The number of aryl methyl sites for hydroxylation is 1. The van der Waals surface area contributed by atoms with Gasteiger partial charge in [0.1, 0.15) is 5.83 Å². The first-order valence-corrected chi connectivity index (χ1v) is 6.12. The van der Waals surface area contributed by atoms with Gasteiger partial charge in [-0.3, -0.25) is 0 Å². The Morgan fingerprint density at radius 1 is 1.20 bits per heavy atom. The van der Waals surface area contributed by atoms with Gasteiger partial charge in [0, 0.05) is 15.8 Å². The van der Waals surface area contributed by atoms with Crippen LogP contribution in [0.15, 0.2) is 11.9 Å². The van der Waals surface area contributed by atoms with Crippen LogP contribution in [-0.4, -0.2) is 0 Å². The summed E-state index contributed by atoms with van der Waals surface area (Å²) in [5.74, 6) is -0.0551. The van der Waals surface area contributed by atoms with E-state index >= 15 is 0 Å². The van der Waals surface area contributed by atoms with E-state index in [9.17, 15) is 4.39 Å². The molecule has 0 fully saturated rings. The van der Waals surface area contributed by atoms with Crippen molar-refractivity contribution in [1.82, 2.24) is 0 Å². The van der Waals surface area contributed by atoms with E-state index in [1.165, 1.54) is 20.2 Å². The van der Waals surface area contributed by atoms with E-state index in [4.69, 9.17) is 0 Å². The molecule has 0 nitrogen and oxygen atoms in total. The lowest BCUT2D eigenvalue weighted by Gasteiger charge is -1.87. The Morgan fingerprint density at radius 2 is 1.87 bits per heavy atom. The van der Waals surface area contributed by atoms with Crippen molar-refractivity contribution in [2.75, 3.05) is 0 Å². The van der Waals surface area contributed by atoms with Gasteiger partial charge in [0.25, 0.3) is 0 Å². The molecule has 0 aliphatic heterocycles. The third kappa shape index (κ3) is 2.57. The van der Waals surface area contributed by atoms with Crippen LogP contribution in [0.5, 0.6) is 0 Å². The van der Waals surface area contributed by atoms with Gasteiger partial charge >= 0.3 is 0 Å². The lowest BCUT2D eigenvalue weighted by Crippen LogP contribution is -2.19. The fraction of sp³-hybridized carbons (Fsp3) is 0.385. The van der Waals surface area contributed by atoms with Crippen molar-refractivity contribution < 1.29 is 4.39 Å². The average molecular weight is 224 g/mol. The van der Waals surface area contributed by atoms with Crippen molar-refractivity contribution in [3.63, 3.8) is 0 Å². The number of rotatable bonds is 0. The molecular formula is C13H17FS. The van der Waals surface area contributed by atoms with Crippen molar-refractivity contribution >= 4 is 23.5 Å². The Labute approximate surface area is 94.5 Å². The van der Waals surface area contributed by atoms with Crippen LogP contribution < -0.4 is 9.75 Å². The van der Waals surface area contributed by atoms with Crippen molar-refractivity contribution in [3.05, 3.63) is 32.1 Å². The number of halogens is 1. The molecule has 2 rings (SSSR count). The molecule has 1 aliphatic carbocycles. The first-order chi connectivity index (χ1) is 7.18. The molecule has 0 N–H and O–H groups in total. The summed E-state index contributed by atoms with van der Waals surface area (Å²) < 4.78 is 14.1. The maximum absolute atomic E-state index is 12.9. The molecule has 0 saturated heterocycles. The molecular weight excluding hydrogens is 207 g/mol. The number of allylic oxidation sites excluding steroid dienone is 2. The number of hydrogen-bond donors (Lipinski definition) is 0. The highest BCUT2D eigenvalue weighted by atomic mass is 32.1. The third-order valence-corrected chi connectivity index (χ3v) is 3.57. The van der Waals surface area contributed by atoms with Crippen LogP contribution >= 0.6 is 11.3 Å². The zero-order valence-corrected chi connectivity index (χ0v) is 10.5. The second-order valence-corrected chi connectivity index (χ2v) is 4.51. The quantitative estimate of drug-likeness (QED) is 0.635. The summed E-state index contributed by atoms with van der Waals surface area (Å²) in [6.07, 6.45) is 5.85. The Kier molecular flexibility index (Phi) is 4.28. The molecule has 1 aromatic rings. The highest BCUT2D eigenvalue weighted by Crippen LogP contribution is 2.09. The highest BCUT2D eigenvalue weighted by molar-refractivity contribution is 7.10. The summed E-state index contributed by atoms with van der Waals surface area (Å²) in [4.78, 5) is 1.33. The summed E-state index contributed by atoms with van der Waals surface area (Å²) >= 11 is 1.73. The summed E-state index contributed by atoms with van der Waals surface area (Å²) in [5.41, 5.74) is 1.29. The minimum absolute atomic E-state index is 0.0551. The van der Waals surface area contributed by atoms with E-state index in [1.807, 2.05) is 26.0 Å². The smallest absolute Gasteiger partial charge is 0.104 e. The van der Waals surface area contributed by atoms with Crippen molar-refractivity contribution in [3.8, 4) is 0 Å². The van der Waals surface area contributed by atoms with Gasteiger partial charge in [-0.25, -0.2) is 4.39 Å². The Hall–Kier alpha value is -0.890. The first kappa shape index (κ1) is 12.2. The minimum atomic E-state index is -0.0551. The fourth-order valence-electron chi connectivity index (χ4n) is 1.48. The standard InChI is InChI=1S/C11H11FS.C2H6/c1-7-8(2)13-11-6-4-9(12)3-5-10(7)11;1-2/h4-6H,3H2,1-2H3;1-2H3. The van der Waals surface area contributed by atoms with Crippen LogP contribution in [0, 0.1) is 13.8 Å².